The van der Waals surface area contributed by atoms with Gasteiger partial charge in [0.15, 0.2) is 0 Å². The lowest BCUT2D eigenvalue weighted by Crippen LogP contribution is -2.33. The highest BCUT2D eigenvalue weighted by Gasteiger charge is 2.04. The van der Waals surface area contributed by atoms with Crippen molar-refractivity contribution >= 4 is 0 Å². The average molecular weight is 176 g/mol. The Bertz CT molecular complexity index is 74.9. The van der Waals surface area contributed by atoms with E-state index in [1.807, 2.05) is 20.8 Å². The molecule has 0 aromatic rings. The minimum Gasteiger partial charge on any atom is -0.301 e. The molecule has 1 atom stereocenters. The quantitative estimate of drug-likeness (QED) is 0.647. The van der Waals surface area contributed by atoms with E-state index in [9.17, 15) is 0 Å². The minimum absolute atomic E-state index is 0.139. The van der Waals surface area contributed by atoms with Gasteiger partial charge in [-0.05, 0) is 20.0 Å². The highest BCUT2D eigenvalue weighted by atomic mass is 16.6. The van der Waals surface area contributed by atoms with Gasteiger partial charge in [0.1, 0.15) is 0 Å². The van der Waals surface area contributed by atoms with Crippen LogP contribution in [0.2, 0.25) is 0 Å². The summed E-state index contributed by atoms with van der Waals surface area (Å²) >= 11 is 0. The number of rotatable bonds is 5. The molecule has 1 unspecified atom stereocenters. The standard InChI is InChI=1S/C7H18N2O.C2H6/c1-4-9(5-2)6-7(3)10-8;1-2/h7H,4-6,8H2,1-3H3;1-2H3. The third-order valence-corrected chi connectivity index (χ3v) is 1.64. The molecule has 0 amide bonds. The summed E-state index contributed by atoms with van der Waals surface area (Å²) in [6.45, 7) is 13.3. The van der Waals surface area contributed by atoms with Crippen LogP contribution in [0.3, 0.4) is 0 Å². The Morgan fingerprint density at radius 2 is 1.67 bits per heavy atom. The molecule has 76 valence electrons. The lowest BCUT2D eigenvalue weighted by Gasteiger charge is -2.20. The maximum atomic E-state index is 5.00. The van der Waals surface area contributed by atoms with Gasteiger partial charge >= 0.3 is 0 Å². The molecule has 0 saturated carbocycles. The van der Waals surface area contributed by atoms with E-state index in [0.717, 1.165) is 19.6 Å². The van der Waals surface area contributed by atoms with Gasteiger partial charge in [-0.2, -0.15) is 0 Å². The summed E-state index contributed by atoms with van der Waals surface area (Å²) in [5.41, 5.74) is 0. The van der Waals surface area contributed by atoms with Crippen LogP contribution in [0, 0.1) is 0 Å². The zero-order valence-electron chi connectivity index (χ0n) is 9.13. The van der Waals surface area contributed by atoms with E-state index >= 15 is 0 Å². The minimum atomic E-state index is 0.139. The Morgan fingerprint density at radius 3 is 1.92 bits per heavy atom. The first-order valence-corrected chi connectivity index (χ1v) is 4.82. The molecular weight excluding hydrogens is 152 g/mol. The van der Waals surface area contributed by atoms with Gasteiger partial charge in [0.25, 0.3) is 0 Å². The molecule has 0 bridgehead atoms. The Morgan fingerprint density at radius 1 is 1.25 bits per heavy atom. The van der Waals surface area contributed by atoms with Crippen LogP contribution in [0.1, 0.15) is 34.6 Å². The predicted octanol–water partition coefficient (Wildman–Crippen LogP) is 1.63. The van der Waals surface area contributed by atoms with Gasteiger partial charge in [0.2, 0.25) is 0 Å². The van der Waals surface area contributed by atoms with Gasteiger partial charge in [-0.25, -0.2) is 5.90 Å². The molecule has 3 nitrogen and oxygen atoms in total. The van der Waals surface area contributed by atoms with Crippen LogP contribution in [0.4, 0.5) is 0 Å². The maximum absolute atomic E-state index is 5.00. The third kappa shape index (κ3) is 7.98. The molecule has 0 heterocycles. The Balaban J connectivity index is 0. The predicted molar refractivity (Wildman–Crippen MR) is 53.9 cm³/mol. The van der Waals surface area contributed by atoms with Crippen LogP contribution < -0.4 is 5.90 Å². The van der Waals surface area contributed by atoms with Crippen molar-refractivity contribution in [3.8, 4) is 0 Å². The summed E-state index contributed by atoms with van der Waals surface area (Å²) in [5, 5.41) is 0. The van der Waals surface area contributed by atoms with Crippen molar-refractivity contribution in [2.45, 2.75) is 40.7 Å². The summed E-state index contributed by atoms with van der Waals surface area (Å²) in [5.74, 6) is 5.00. The van der Waals surface area contributed by atoms with Crippen LogP contribution in [0.15, 0.2) is 0 Å². The summed E-state index contributed by atoms with van der Waals surface area (Å²) in [6, 6.07) is 0. The highest BCUT2D eigenvalue weighted by Crippen LogP contribution is 1.92. The van der Waals surface area contributed by atoms with Gasteiger partial charge in [-0.1, -0.05) is 27.7 Å². The van der Waals surface area contributed by atoms with Crippen molar-refractivity contribution < 1.29 is 4.84 Å². The van der Waals surface area contributed by atoms with Crippen molar-refractivity contribution in [3.05, 3.63) is 0 Å². The second-order valence-corrected chi connectivity index (χ2v) is 2.43. The van der Waals surface area contributed by atoms with Crippen LogP contribution in [0.25, 0.3) is 0 Å². The van der Waals surface area contributed by atoms with E-state index in [0.29, 0.717) is 0 Å². The average Bonchev–Trinajstić information content (AvgIpc) is 2.16. The fourth-order valence-electron chi connectivity index (χ4n) is 0.888. The molecule has 2 N–H and O–H groups in total. The molecule has 0 fully saturated rings. The van der Waals surface area contributed by atoms with Crippen LogP contribution in [0.5, 0.6) is 0 Å². The number of hydrogen-bond donors (Lipinski definition) is 1. The first-order chi connectivity index (χ1) is 5.74. The highest BCUT2D eigenvalue weighted by molar-refractivity contribution is 4.57. The van der Waals surface area contributed by atoms with Gasteiger partial charge in [0, 0.05) is 6.54 Å². The maximum Gasteiger partial charge on any atom is 0.0885 e. The Labute approximate surface area is 76.8 Å². The molecule has 0 aliphatic heterocycles. The number of nitrogens with two attached hydrogens (primary N) is 1. The molecule has 0 spiro atoms. The Hall–Kier alpha value is -0.120. The molecule has 0 aromatic heterocycles. The molecule has 0 rings (SSSR count). The lowest BCUT2D eigenvalue weighted by atomic mass is 10.3. The van der Waals surface area contributed by atoms with Crippen LogP contribution in [-0.2, 0) is 4.84 Å². The lowest BCUT2D eigenvalue weighted by molar-refractivity contribution is 0.0398. The van der Waals surface area contributed by atoms with E-state index in [2.05, 4.69) is 23.6 Å². The van der Waals surface area contributed by atoms with Crippen molar-refractivity contribution in [2.75, 3.05) is 19.6 Å². The number of nitrogens with zero attached hydrogens (tertiary/aromatic N) is 1. The van der Waals surface area contributed by atoms with Crippen molar-refractivity contribution in [3.63, 3.8) is 0 Å². The summed E-state index contributed by atoms with van der Waals surface area (Å²) < 4.78 is 0. The smallest absolute Gasteiger partial charge is 0.0885 e. The SMILES string of the molecule is CC.CCN(CC)CC(C)ON. The van der Waals surface area contributed by atoms with E-state index in [1.165, 1.54) is 0 Å². The molecule has 0 radical (unpaired) electrons. The first-order valence-electron chi connectivity index (χ1n) is 4.82. The van der Waals surface area contributed by atoms with E-state index < -0.39 is 0 Å². The molecular formula is C9H24N2O. The van der Waals surface area contributed by atoms with Crippen molar-refractivity contribution in [1.29, 1.82) is 0 Å². The molecule has 0 aromatic carbocycles. The first kappa shape index (κ1) is 14.4. The molecule has 12 heavy (non-hydrogen) atoms. The van der Waals surface area contributed by atoms with Crippen molar-refractivity contribution in [2.24, 2.45) is 5.90 Å². The fraction of sp³-hybridized carbons (Fsp3) is 1.00. The molecule has 0 aliphatic carbocycles. The van der Waals surface area contributed by atoms with Gasteiger partial charge in [-0.15, -0.1) is 0 Å². The largest absolute Gasteiger partial charge is 0.301 e. The third-order valence-electron chi connectivity index (χ3n) is 1.64. The normalized spacial score (nSPS) is 12.2. The monoisotopic (exact) mass is 176 g/mol. The summed E-state index contributed by atoms with van der Waals surface area (Å²) in [4.78, 5) is 6.92. The van der Waals surface area contributed by atoms with Gasteiger partial charge < -0.3 is 9.74 Å². The van der Waals surface area contributed by atoms with Crippen LogP contribution in [-0.4, -0.2) is 30.6 Å². The zero-order valence-corrected chi connectivity index (χ0v) is 9.13. The van der Waals surface area contributed by atoms with Gasteiger partial charge in [0.05, 0.1) is 6.10 Å². The van der Waals surface area contributed by atoms with Crippen LogP contribution >= 0.6 is 0 Å². The molecule has 3 heteroatoms. The number of hydrogen-bond acceptors (Lipinski definition) is 3. The second kappa shape index (κ2) is 10.9. The van der Waals surface area contributed by atoms with Crippen molar-refractivity contribution in [1.82, 2.24) is 4.90 Å². The molecule has 0 saturated heterocycles. The van der Waals surface area contributed by atoms with E-state index in [1.54, 1.807) is 0 Å². The summed E-state index contributed by atoms with van der Waals surface area (Å²) in [6.07, 6.45) is 0.139. The zero-order chi connectivity index (χ0) is 9.98. The van der Waals surface area contributed by atoms with E-state index in [4.69, 9.17) is 5.90 Å². The fourth-order valence-corrected chi connectivity index (χ4v) is 0.888. The Kier molecular flexibility index (Phi) is 13.1. The van der Waals surface area contributed by atoms with Gasteiger partial charge in [-0.3, -0.25) is 0 Å². The molecule has 0 aliphatic rings. The second-order valence-electron chi connectivity index (χ2n) is 2.43. The van der Waals surface area contributed by atoms with E-state index in [-0.39, 0.29) is 6.10 Å². The topological polar surface area (TPSA) is 38.5 Å². The number of likely N-dealkylation sites (N-methyl/N-ethyl adjacent to an activating group) is 1. The summed E-state index contributed by atoms with van der Waals surface area (Å²) in [7, 11) is 0.